The Kier molecular flexibility index (Phi) is 7.07. The second-order valence-electron chi connectivity index (χ2n) is 7.75. The molecule has 36 heavy (non-hydrogen) atoms. The largest absolute Gasteiger partial charge is 0.503 e. The van der Waals surface area contributed by atoms with Crippen molar-refractivity contribution in [1.29, 1.82) is 0 Å². The Morgan fingerprint density at radius 2 is 1.92 bits per heavy atom. The van der Waals surface area contributed by atoms with E-state index in [2.05, 4.69) is 16.5 Å². The number of amides is 1. The van der Waals surface area contributed by atoms with Crippen LogP contribution in [0.4, 0.5) is 9.52 Å². The van der Waals surface area contributed by atoms with Crippen LogP contribution in [-0.4, -0.2) is 39.3 Å². The van der Waals surface area contributed by atoms with Gasteiger partial charge in [0.05, 0.1) is 26.8 Å². The number of nitrogens with zero attached hydrogens (tertiary/aromatic N) is 3. The number of ether oxygens (including phenoxy) is 1. The number of hydrogen-bond donors (Lipinski definition) is 1. The number of hydrogen-bond acceptors (Lipinski definition) is 9. The number of ketones is 1. The SMILES string of the molecule is C=CCOC(=O)c1sc(N2C(=O)C(O)=C(C(=O)c3sc(C)nc3C)C2c2c(F)cccc2Cl)nc1C. The van der Waals surface area contributed by atoms with Gasteiger partial charge >= 0.3 is 5.97 Å². The smallest absolute Gasteiger partial charge is 0.350 e. The van der Waals surface area contributed by atoms with Crippen LogP contribution in [0, 0.1) is 26.6 Å². The lowest BCUT2D eigenvalue weighted by Gasteiger charge is -2.25. The van der Waals surface area contributed by atoms with Crippen LogP contribution in [0.5, 0.6) is 0 Å². The summed E-state index contributed by atoms with van der Waals surface area (Å²) >= 11 is 8.25. The molecule has 8 nitrogen and oxygen atoms in total. The van der Waals surface area contributed by atoms with Crippen LogP contribution in [0.1, 0.15) is 47.3 Å². The van der Waals surface area contributed by atoms with Crippen molar-refractivity contribution in [1.82, 2.24) is 9.97 Å². The number of rotatable bonds is 7. The van der Waals surface area contributed by atoms with Gasteiger partial charge in [0.15, 0.2) is 10.9 Å². The predicted octanol–water partition coefficient (Wildman–Crippen LogP) is 5.44. The molecule has 1 aliphatic heterocycles. The number of carbonyl (C=O) groups excluding carboxylic acids is 3. The first-order valence-electron chi connectivity index (χ1n) is 10.5. The van der Waals surface area contributed by atoms with Crippen LogP contribution in [0.25, 0.3) is 0 Å². The van der Waals surface area contributed by atoms with Crippen LogP contribution in [0.3, 0.4) is 0 Å². The second kappa shape index (κ2) is 9.92. The van der Waals surface area contributed by atoms with E-state index in [1.807, 2.05) is 0 Å². The number of anilines is 1. The zero-order valence-corrected chi connectivity index (χ0v) is 21.7. The third kappa shape index (κ3) is 4.34. The van der Waals surface area contributed by atoms with Gasteiger partial charge in [-0.2, -0.15) is 0 Å². The number of thiazole rings is 2. The molecule has 1 atom stereocenters. The monoisotopic (exact) mass is 547 g/mol. The number of aromatic nitrogens is 2. The highest BCUT2D eigenvalue weighted by atomic mass is 35.5. The van der Waals surface area contributed by atoms with Crippen LogP contribution in [0.15, 0.2) is 42.2 Å². The lowest BCUT2D eigenvalue weighted by Crippen LogP contribution is -2.31. The Morgan fingerprint density at radius 1 is 1.22 bits per heavy atom. The maximum atomic E-state index is 15.2. The maximum Gasteiger partial charge on any atom is 0.350 e. The minimum absolute atomic E-state index is 0.0315. The van der Waals surface area contributed by atoms with E-state index in [1.54, 1.807) is 20.8 Å². The molecule has 1 aliphatic rings. The molecule has 1 amide bonds. The Hall–Kier alpha value is -3.41. The molecule has 0 saturated carbocycles. The molecule has 4 rings (SSSR count). The highest BCUT2D eigenvalue weighted by molar-refractivity contribution is 7.17. The van der Waals surface area contributed by atoms with E-state index < -0.39 is 35.3 Å². The summed E-state index contributed by atoms with van der Waals surface area (Å²) in [6.07, 6.45) is 1.40. The number of carbonyl (C=O) groups is 3. The van der Waals surface area contributed by atoms with E-state index >= 15 is 4.39 Å². The molecule has 186 valence electrons. The molecule has 12 heteroatoms. The number of aryl methyl sites for hydroxylation is 3. The van der Waals surface area contributed by atoms with Gasteiger partial charge < -0.3 is 9.84 Å². The fourth-order valence-corrected chi connectivity index (χ4v) is 5.95. The van der Waals surface area contributed by atoms with Gasteiger partial charge in [0.2, 0.25) is 5.78 Å². The molecule has 0 fully saturated rings. The lowest BCUT2D eigenvalue weighted by molar-refractivity contribution is -0.117. The Balaban J connectivity index is 1.90. The summed E-state index contributed by atoms with van der Waals surface area (Å²) in [5.41, 5.74) is 0.109. The zero-order valence-electron chi connectivity index (χ0n) is 19.3. The van der Waals surface area contributed by atoms with Crippen molar-refractivity contribution < 1.29 is 28.6 Å². The summed E-state index contributed by atoms with van der Waals surface area (Å²) in [4.78, 5) is 49.2. The first-order chi connectivity index (χ1) is 17.1. The normalized spacial score (nSPS) is 15.5. The standard InChI is InChI=1S/C24H19ClFN3O5S2/c1-5-9-34-23(33)21-11(3)28-24(36-21)29-17(15-13(25)7-6-8-14(15)26)16(19(31)22(29)32)18(30)20-10(2)27-12(4)35-20/h5-8,17,31H,1,9H2,2-4H3. The number of aliphatic hydroxyl groups is 1. The average Bonchev–Trinajstić information content (AvgIpc) is 3.45. The lowest BCUT2D eigenvalue weighted by atomic mass is 9.94. The Labute approximate surface area is 218 Å². The van der Waals surface area contributed by atoms with Crippen LogP contribution in [-0.2, 0) is 9.53 Å². The van der Waals surface area contributed by atoms with Crippen molar-refractivity contribution in [3.8, 4) is 0 Å². The first kappa shape index (κ1) is 25.7. The van der Waals surface area contributed by atoms with E-state index in [0.29, 0.717) is 10.7 Å². The summed E-state index contributed by atoms with van der Waals surface area (Å²) in [5, 5.41) is 11.4. The molecule has 1 aromatic carbocycles. The van der Waals surface area contributed by atoms with E-state index in [1.165, 1.54) is 18.2 Å². The molecule has 0 bridgehead atoms. The third-order valence-electron chi connectivity index (χ3n) is 5.34. The topological polar surface area (TPSA) is 110 Å². The highest BCUT2D eigenvalue weighted by Gasteiger charge is 2.48. The van der Waals surface area contributed by atoms with E-state index in [4.69, 9.17) is 16.3 Å². The minimum Gasteiger partial charge on any atom is -0.503 e. The number of esters is 1. The van der Waals surface area contributed by atoms with Gasteiger partial charge in [-0.3, -0.25) is 14.5 Å². The molecule has 2 aromatic heterocycles. The fourth-order valence-electron chi connectivity index (χ4n) is 3.82. The van der Waals surface area contributed by atoms with Gasteiger partial charge in [0.25, 0.3) is 5.91 Å². The minimum atomic E-state index is -1.44. The van der Waals surface area contributed by atoms with E-state index in [-0.39, 0.29) is 43.3 Å². The molecule has 0 saturated heterocycles. The van der Waals surface area contributed by atoms with Crippen molar-refractivity contribution in [2.24, 2.45) is 0 Å². The van der Waals surface area contributed by atoms with Gasteiger partial charge in [-0.05, 0) is 32.9 Å². The Morgan fingerprint density at radius 3 is 2.53 bits per heavy atom. The summed E-state index contributed by atoms with van der Waals surface area (Å²) in [7, 11) is 0. The summed E-state index contributed by atoms with van der Waals surface area (Å²) in [6.45, 7) is 8.34. The molecule has 0 spiro atoms. The number of aliphatic hydroxyl groups excluding tert-OH is 1. The summed E-state index contributed by atoms with van der Waals surface area (Å²) in [5.74, 6) is -4.01. The summed E-state index contributed by atoms with van der Waals surface area (Å²) < 4.78 is 20.2. The van der Waals surface area contributed by atoms with Gasteiger partial charge in [0, 0.05) is 10.6 Å². The van der Waals surface area contributed by atoms with Crippen LogP contribution >= 0.6 is 34.3 Å². The number of Topliss-reactive ketones (excluding diaryl/α,β-unsaturated/α-hetero) is 1. The van der Waals surface area contributed by atoms with Crippen LogP contribution < -0.4 is 4.90 Å². The van der Waals surface area contributed by atoms with Crippen molar-refractivity contribution in [3.63, 3.8) is 0 Å². The molecule has 3 heterocycles. The maximum absolute atomic E-state index is 15.2. The predicted molar refractivity (Wildman–Crippen MR) is 135 cm³/mol. The molecule has 3 aromatic rings. The van der Waals surface area contributed by atoms with Gasteiger partial charge in [-0.25, -0.2) is 19.2 Å². The Bertz CT molecular complexity index is 1440. The van der Waals surface area contributed by atoms with E-state index in [9.17, 15) is 19.5 Å². The second-order valence-corrected chi connectivity index (χ2v) is 10.3. The number of halogens is 2. The van der Waals surface area contributed by atoms with Gasteiger partial charge in [0.1, 0.15) is 23.3 Å². The summed E-state index contributed by atoms with van der Waals surface area (Å²) in [6, 6.07) is 2.48. The molecule has 0 aliphatic carbocycles. The molecular weight excluding hydrogens is 529 g/mol. The van der Waals surface area contributed by atoms with E-state index in [0.717, 1.165) is 33.6 Å². The molecule has 1 unspecified atom stereocenters. The van der Waals surface area contributed by atoms with Crippen molar-refractivity contribution in [2.75, 3.05) is 11.5 Å². The fraction of sp³-hybridized carbons (Fsp3) is 0.208. The van der Waals surface area contributed by atoms with Crippen molar-refractivity contribution in [2.45, 2.75) is 26.8 Å². The van der Waals surface area contributed by atoms with Crippen molar-refractivity contribution in [3.05, 3.63) is 84.7 Å². The first-order valence-corrected chi connectivity index (χ1v) is 12.5. The zero-order chi connectivity index (χ0) is 26.3. The number of benzene rings is 1. The molecule has 0 radical (unpaired) electrons. The molecular formula is C24H19ClFN3O5S2. The van der Waals surface area contributed by atoms with Gasteiger partial charge in [-0.1, -0.05) is 41.7 Å². The van der Waals surface area contributed by atoms with Crippen LogP contribution in [0.2, 0.25) is 5.02 Å². The quantitative estimate of drug-likeness (QED) is 0.238. The van der Waals surface area contributed by atoms with Gasteiger partial charge in [-0.15, -0.1) is 11.3 Å². The molecule has 1 N–H and O–H groups in total. The van der Waals surface area contributed by atoms with Crippen molar-refractivity contribution >= 4 is 57.1 Å². The highest BCUT2D eigenvalue weighted by Crippen LogP contribution is 2.46. The third-order valence-corrected chi connectivity index (χ3v) is 7.88. The average molecular weight is 548 g/mol.